The van der Waals surface area contributed by atoms with Crippen molar-refractivity contribution in [3.05, 3.63) is 127 Å². The molecule has 6 aromatic rings. The number of aromatic nitrogens is 6. The van der Waals surface area contributed by atoms with Crippen LogP contribution in [0.25, 0.3) is 33.6 Å². The number of nitrogens with one attached hydrogen (secondary N) is 2. The fraction of sp³-hybridized carbons (Fsp3) is 0.348. The number of nitrogens with zero attached hydrogens (tertiary/aromatic N) is 7. The Hall–Kier alpha value is -6.54. The van der Waals surface area contributed by atoms with E-state index in [2.05, 4.69) is 99.3 Å². The molecule has 14 heteroatoms. The summed E-state index contributed by atoms with van der Waals surface area (Å²) in [5.41, 5.74) is 13.0. The van der Waals surface area contributed by atoms with Gasteiger partial charge in [-0.25, -0.2) is 19.7 Å². The monoisotopic (exact) mass is 808 g/mol. The molecule has 4 atom stereocenters. The molecule has 5 heterocycles. The first-order valence-corrected chi connectivity index (χ1v) is 20.8. The largest absolute Gasteiger partial charge is 0.436 e. The molecule has 0 radical (unpaired) electrons. The van der Waals surface area contributed by atoms with Gasteiger partial charge in [0.1, 0.15) is 17.7 Å². The van der Waals surface area contributed by atoms with Gasteiger partial charge in [0.25, 0.3) is 5.91 Å². The van der Waals surface area contributed by atoms with Gasteiger partial charge in [0.15, 0.2) is 6.10 Å². The second-order valence-electron chi connectivity index (χ2n) is 15.6. The Balaban J connectivity index is 0.925. The smallest absolute Gasteiger partial charge is 0.405 e. The molecular formula is C46H52N10O4. The van der Waals surface area contributed by atoms with Crippen LogP contribution in [0.15, 0.2) is 104 Å². The first kappa shape index (κ1) is 40.2. The van der Waals surface area contributed by atoms with Crippen molar-refractivity contribution in [2.24, 2.45) is 12.8 Å². The summed E-state index contributed by atoms with van der Waals surface area (Å²) in [7, 11) is 1.82. The van der Waals surface area contributed by atoms with Gasteiger partial charge in [-0.3, -0.25) is 14.5 Å². The summed E-state index contributed by atoms with van der Waals surface area (Å²) in [6.45, 7) is 7.02. The third-order valence-electron chi connectivity index (χ3n) is 12.0. The van der Waals surface area contributed by atoms with Gasteiger partial charge in [-0.05, 0) is 66.6 Å². The number of primary amides is 1. The maximum Gasteiger partial charge on any atom is 0.405 e. The van der Waals surface area contributed by atoms with Crippen LogP contribution < -0.4 is 5.73 Å². The standard InChI is InChI=1S/C46H52N10O4/c1-4-54(5-2)41(34-11-7-6-8-12-34)45(58)56-24-10-14-39(56)43-50-28-37(52-43)33-21-17-31(18-22-33)30-15-19-32(20-16-30)36-27-49-42(51-36)38-13-9-23-55(38)44(57)40(60-46(47)59)25-35-26-48-29-53(35)3/h6-8,11-12,15-22,26-29,38-41H,4-5,9-10,13-14,23-25H2,1-3H3,(H2,47,59)(H,49,51)(H,50,52)/t38-,39-,40-,41+/m0/s1. The number of carbonyl (C=O) groups excluding carboxylic acids is 3. The number of likely N-dealkylation sites (N-methyl/N-ethyl adjacent to an activating group) is 1. The number of likely N-dealkylation sites (tertiary alicyclic amines) is 2. The Morgan fingerprint density at radius 1 is 0.750 bits per heavy atom. The van der Waals surface area contributed by atoms with E-state index >= 15 is 0 Å². The van der Waals surface area contributed by atoms with Gasteiger partial charge in [-0.2, -0.15) is 0 Å². The van der Waals surface area contributed by atoms with E-state index in [1.165, 1.54) is 0 Å². The molecule has 8 rings (SSSR count). The minimum atomic E-state index is -1.07. The van der Waals surface area contributed by atoms with Crippen molar-refractivity contribution < 1.29 is 19.1 Å². The molecule has 14 nitrogen and oxygen atoms in total. The lowest BCUT2D eigenvalue weighted by Gasteiger charge is -2.34. The highest BCUT2D eigenvalue weighted by atomic mass is 16.6. The van der Waals surface area contributed by atoms with E-state index in [9.17, 15) is 14.4 Å². The average Bonchev–Trinajstić information content (AvgIpc) is 4.13. The molecule has 310 valence electrons. The molecule has 2 aliphatic heterocycles. The van der Waals surface area contributed by atoms with E-state index in [0.717, 1.165) is 89.5 Å². The van der Waals surface area contributed by atoms with E-state index in [-0.39, 0.29) is 36.4 Å². The van der Waals surface area contributed by atoms with Crippen LogP contribution in [0.2, 0.25) is 0 Å². The molecule has 60 heavy (non-hydrogen) atoms. The minimum Gasteiger partial charge on any atom is -0.436 e. The van der Waals surface area contributed by atoms with Crippen molar-refractivity contribution in [1.29, 1.82) is 0 Å². The van der Waals surface area contributed by atoms with Gasteiger partial charge < -0.3 is 34.8 Å². The van der Waals surface area contributed by atoms with Crippen LogP contribution in [-0.2, 0) is 27.8 Å². The van der Waals surface area contributed by atoms with Gasteiger partial charge in [0.05, 0.1) is 42.2 Å². The molecule has 2 saturated heterocycles. The van der Waals surface area contributed by atoms with Crippen molar-refractivity contribution in [2.45, 2.75) is 70.2 Å². The van der Waals surface area contributed by atoms with E-state index < -0.39 is 12.2 Å². The molecule has 0 bridgehead atoms. The predicted molar refractivity (Wildman–Crippen MR) is 228 cm³/mol. The van der Waals surface area contributed by atoms with Crippen LogP contribution >= 0.6 is 0 Å². The molecule has 3 amide bonds. The van der Waals surface area contributed by atoms with Gasteiger partial charge in [0.2, 0.25) is 5.91 Å². The van der Waals surface area contributed by atoms with E-state index in [0.29, 0.717) is 18.9 Å². The fourth-order valence-electron chi connectivity index (χ4n) is 8.79. The van der Waals surface area contributed by atoms with Crippen LogP contribution in [0, 0.1) is 0 Å². The second kappa shape index (κ2) is 17.8. The predicted octanol–water partition coefficient (Wildman–Crippen LogP) is 6.98. The number of imidazole rings is 3. The number of H-pyrrole nitrogens is 2. The van der Waals surface area contributed by atoms with Gasteiger partial charge in [-0.15, -0.1) is 0 Å². The fourth-order valence-corrected chi connectivity index (χ4v) is 8.79. The number of rotatable bonds is 14. The molecule has 4 N–H and O–H groups in total. The van der Waals surface area contributed by atoms with Crippen LogP contribution in [0.4, 0.5) is 4.79 Å². The third-order valence-corrected chi connectivity index (χ3v) is 12.0. The summed E-state index contributed by atoms with van der Waals surface area (Å²) in [5.74, 6) is 1.31. The van der Waals surface area contributed by atoms with Crippen molar-refractivity contribution in [3.63, 3.8) is 0 Å². The highest BCUT2D eigenvalue weighted by Gasteiger charge is 2.39. The molecule has 0 unspecified atom stereocenters. The Morgan fingerprint density at radius 3 is 1.75 bits per heavy atom. The summed E-state index contributed by atoms with van der Waals surface area (Å²) < 4.78 is 7.09. The zero-order valence-electron chi connectivity index (χ0n) is 34.3. The maximum absolute atomic E-state index is 14.2. The van der Waals surface area contributed by atoms with Crippen LogP contribution in [0.1, 0.15) is 80.6 Å². The number of aromatic amines is 2. The van der Waals surface area contributed by atoms with Crippen molar-refractivity contribution in [2.75, 3.05) is 26.2 Å². The van der Waals surface area contributed by atoms with Crippen LogP contribution in [-0.4, -0.2) is 94.4 Å². The minimum absolute atomic E-state index is 0.102. The highest BCUT2D eigenvalue weighted by molar-refractivity contribution is 5.85. The summed E-state index contributed by atoms with van der Waals surface area (Å²) in [6, 6.07) is 26.1. The normalized spacial score (nSPS) is 17.6. The topological polar surface area (TPSA) is 171 Å². The van der Waals surface area contributed by atoms with E-state index in [1.54, 1.807) is 28.2 Å². The lowest BCUT2D eigenvalue weighted by atomic mass is 10.0. The first-order valence-electron chi connectivity index (χ1n) is 20.8. The number of hydrogen-bond acceptors (Lipinski definition) is 8. The Labute approximate surface area is 349 Å². The number of ether oxygens (including phenoxy) is 1. The molecule has 0 aliphatic carbocycles. The molecule has 2 aliphatic rings. The van der Waals surface area contributed by atoms with Gasteiger partial charge >= 0.3 is 6.09 Å². The number of aryl methyl sites for hydroxylation is 1. The zero-order valence-corrected chi connectivity index (χ0v) is 34.3. The second-order valence-corrected chi connectivity index (χ2v) is 15.6. The van der Waals surface area contributed by atoms with Crippen LogP contribution in [0.5, 0.6) is 0 Å². The third kappa shape index (κ3) is 8.32. The van der Waals surface area contributed by atoms with Gasteiger partial charge in [-0.1, -0.05) is 92.7 Å². The number of nitrogens with two attached hydrogens (primary N) is 1. The van der Waals surface area contributed by atoms with E-state index in [4.69, 9.17) is 15.5 Å². The molecule has 3 aromatic heterocycles. The Bertz CT molecular complexity index is 2400. The van der Waals surface area contributed by atoms with Crippen LogP contribution in [0.3, 0.4) is 0 Å². The average molecular weight is 809 g/mol. The highest BCUT2D eigenvalue weighted by Crippen LogP contribution is 2.37. The van der Waals surface area contributed by atoms with E-state index in [1.807, 2.05) is 36.3 Å². The molecular weight excluding hydrogens is 757 g/mol. The van der Waals surface area contributed by atoms with Crippen molar-refractivity contribution in [1.82, 2.24) is 44.2 Å². The first-order chi connectivity index (χ1) is 29.2. The number of benzene rings is 3. The Morgan fingerprint density at radius 2 is 1.27 bits per heavy atom. The molecule has 3 aromatic carbocycles. The number of carbonyl (C=O) groups is 3. The van der Waals surface area contributed by atoms with Crippen molar-refractivity contribution in [3.8, 4) is 33.6 Å². The number of amides is 3. The summed E-state index contributed by atoms with van der Waals surface area (Å²) in [4.78, 5) is 66.3. The van der Waals surface area contributed by atoms with Crippen molar-refractivity contribution >= 4 is 17.9 Å². The molecule has 0 spiro atoms. The summed E-state index contributed by atoms with van der Waals surface area (Å²) in [5, 5.41) is 0. The lowest BCUT2D eigenvalue weighted by Crippen LogP contribution is -2.43. The maximum atomic E-state index is 14.2. The quantitative estimate of drug-likeness (QED) is 0.106. The summed E-state index contributed by atoms with van der Waals surface area (Å²) in [6.07, 6.45) is 8.37. The van der Waals surface area contributed by atoms with Gasteiger partial charge in [0, 0.05) is 38.4 Å². The zero-order chi connectivity index (χ0) is 41.8. The summed E-state index contributed by atoms with van der Waals surface area (Å²) >= 11 is 0. The lowest BCUT2D eigenvalue weighted by molar-refractivity contribution is -0.141. The molecule has 2 fully saturated rings. The SMILES string of the molecule is CCN(CC)[C@@H](C(=O)N1CCC[C@H]1c1ncc(-c2ccc(-c3ccc(-c4cnc([C@@H]5CCCN5C(=O)[C@H](Cc5cncn5C)OC(N)=O)[nH]4)cc3)cc2)[nH]1)c1ccccc1. The molecule has 0 saturated carbocycles. The number of hydrogen-bond donors (Lipinski definition) is 3. The Kier molecular flexibility index (Phi) is 11.9.